The summed E-state index contributed by atoms with van der Waals surface area (Å²) >= 11 is 0. The third-order valence-electron chi connectivity index (χ3n) is 3.61. The predicted octanol–water partition coefficient (Wildman–Crippen LogP) is 1.62. The summed E-state index contributed by atoms with van der Waals surface area (Å²) < 4.78 is 0. The highest BCUT2D eigenvalue weighted by atomic mass is 16.2. The van der Waals surface area contributed by atoms with Crippen molar-refractivity contribution < 1.29 is 4.79 Å². The van der Waals surface area contributed by atoms with Crippen LogP contribution in [0.25, 0.3) is 0 Å². The summed E-state index contributed by atoms with van der Waals surface area (Å²) in [4.78, 5) is 13.8. The predicted molar refractivity (Wildman–Crippen MR) is 62.4 cm³/mol. The van der Waals surface area contributed by atoms with E-state index in [2.05, 4.69) is 13.8 Å². The molecule has 0 saturated carbocycles. The van der Waals surface area contributed by atoms with Crippen molar-refractivity contribution in [3.8, 4) is 0 Å². The van der Waals surface area contributed by atoms with E-state index in [9.17, 15) is 4.79 Å². The number of rotatable bonds is 3. The Kier molecular flexibility index (Phi) is 4.58. The molecule has 1 heterocycles. The highest BCUT2D eigenvalue weighted by Gasteiger charge is 2.26. The minimum atomic E-state index is 0.198. The van der Waals surface area contributed by atoms with Crippen molar-refractivity contribution in [3.05, 3.63) is 0 Å². The lowest BCUT2D eigenvalue weighted by atomic mass is 9.89. The van der Waals surface area contributed by atoms with Gasteiger partial charge in [-0.25, -0.2) is 0 Å². The van der Waals surface area contributed by atoms with E-state index in [1.54, 1.807) is 0 Å². The molecule has 1 fully saturated rings. The Hall–Kier alpha value is -0.570. The first-order valence-corrected chi connectivity index (χ1v) is 6.05. The van der Waals surface area contributed by atoms with E-state index in [0.717, 1.165) is 19.4 Å². The van der Waals surface area contributed by atoms with E-state index in [1.807, 2.05) is 11.8 Å². The van der Waals surface area contributed by atoms with E-state index < -0.39 is 0 Å². The van der Waals surface area contributed by atoms with Gasteiger partial charge in [0.15, 0.2) is 0 Å². The molecule has 2 atom stereocenters. The van der Waals surface area contributed by atoms with Gasteiger partial charge in [0.25, 0.3) is 0 Å². The van der Waals surface area contributed by atoms with Crippen molar-refractivity contribution in [3.63, 3.8) is 0 Å². The Morgan fingerprint density at radius 3 is 2.60 bits per heavy atom. The Morgan fingerprint density at radius 1 is 1.40 bits per heavy atom. The van der Waals surface area contributed by atoms with Crippen LogP contribution in [-0.4, -0.2) is 29.9 Å². The first kappa shape index (κ1) is 12.5. The van der Waals surface area contributed by atoms with Crippen LogP contribution in [0.2, 0.25) is 0 Å². The van der Waals surface area contributed by atoms with Gasteiger partial charge in [0.05, 0.1) is 0 Å². The SMILES string of the molecule is CC(C)C1CCC(=O)N(C(C)CN)CC1. The molecule has 0 aromatic carbocycles. The van der Waals surface area contributed by atoms with Gasteiger partial charge in [0.1, 0.15) is 0 Å². The van der Waals surface area contributed by atoms with E-state index in [1.165, 1.54) is 0 Å². The largest absolute Gasteiger partial charge is 0.339 e. The minimum Gasteiger partial charge on any atom is -0.339 e. The van der Waals surface area contributed by atoms with Gasteiger partial charge in [-0.3, -0.25) is 4.79 Å². The number of amides is 1. The van der Waals surface area contributed by atoms with Crippen molar-refractivity contribution in [2.24, 2.45) is 17.6 Å². The van der Waals surface area contributed by atoms with Crippen LogP contribution in [0.5, 0.6) is 0 Å². The van der Waals surface area contributed by atoms with Crippen molar-refractivity contribution in [1.82, 2.24) is 4.90 Å². The van der Waals surface area contributed by atoms with Crippen LogP contribution in [-0.2, 0) is 4.79 Å². The zero-order valence-electron chi connectivity index (χ0n) is 10.2. The molecule has 15 heavy (non-hydrogen) atoms. The van der Waals surface area contributed by atoms with E-state index in [0.29, 0.717) is 24.8 Å². The molecule has 1 aliphatic heterocycles. The van der Waals surface area contributed by atoms with Crippen LogP contribution in [0.1, 0.15) is 40.0 Å². The molecule has 0 spiro atoms. The molecule has 1 amide bonds. The number of nitrogens with zero attached hydrogens (tertiary/aromatic N) is 1. The molecule has 0 aliphatic carbocycles. The third kappa shape index (κ3) is 3.20. The Balaban J connectivity index is 2.59. The van der Waals surface area contributed by atoms with Crippen LogP contribution < -0.4 is 5.73 Å². The van der Waals surface area contributed by atoms with Gasteiger partial charge in [-0.05, 0) is 31.6 Å². The summed E-state index contributed by atoms with van der Waals surface area (Å²) in [6, 6.07) is 0.198. The molecule has 2 unspecified atom stereocenters. The highest BCUT2D eigenvalue weighted by molar-refractivity contribution is 5.76. The van der Waals surface area contributed by atoms with Gasteiger partial charge < -0.3 is 10.6 Å². The maximum absolute atomic E-state index is 11.9. The lowest BCUT2D eigenvalue weighted by Gasteiger charge is -2.27. The zero-order chi connectivity index (χ0) is 11.4. The summed E-state index contributed by atoms with van der Waals surface area (Å²) in [5.74, 6) is 1.67. The second kappa shape index (κ2) is 5.50. The lowest BCUT2D eigenvalue weighted by molar-refractivity contribution is -0.132. The number of carbonyl (C=O) groups is 1. The maximum Gasteiger partial charge on any atom is 0.222 e. The first-order valence-electron chi connectivity index (χ1n) is 6.05. The zero-order valence-corrected chi connectivity index (χ0v) is 10.2. The molecule has 3 heteroatoms. The van der Waals surface area contributed by atoms with Gasteiger partial charge >= 0.3 is 0 Å². The second-order valence-electron chi connectivity index (χ2n) is 5.00. The van der Waals surface area contributed by atoms with Crippen molar-refractivity contribution in [2.75, 3.05) is 13.1 Å². The number of carbonyl (C=O) groups excluding carboxylic acids is 1. The molecular formula is C12H24N2O. The van der Waals surface area contributed by atoms with Gasteiger partial charge in [0.2, 0.25) is 5.91 Å². The number of likely N-dealkylation sites (tertiary alicyclic amines) is 1. The smallest absolute Gasteiger partial charge is 0.222 e. The van der Waals surface area contributed by atoms with E-state index in [-0.39, 0.29) is 11.9 Å². The van der Waals surface area contributed by atoms with Gasteiger partial charge in [-0.15, -0.1) is 0 Å². The Bertz CT molecular complexity index is 216. The molecule has 88 valence electrons. The fraction of sp³-hybridized carbons (Fsp3) is 0.917. The Labute approximate surface area is 93.0 Å². The summed E-state index contributed by atoms with van der Waals surface area (Å²) in [6.07, 6.45) is 2.88. The molecule has 1 rings (SSSR count). The number of hydrogen-bond donors (Lipinski definition) is 1. The molecule has 0 aromatic rings. The molecule has 0 aromatic heterocycles. The van der Waals surface area contributed by atoms with Gasteiger partial charge in [-0.1, -0.05) is 13.8 Å². The molecule has 1 saturated heterocycles. The lowest BCUT2D eigenvalue weighted by Crippen LogP contribution is -2.42. The third-order valence-corrected chi connectivity index (χ3v) is 3.61. The number of nitrogens with two attached hydrogens (primary N) is 1. The van der Waals surface area contributed by atoms with E-state index >= 15 is 0 Å². The summed E-state index contributed by atoms with van der Waals surface area (Å²) in [5, 5.41) is 0. The maximum atomic E-state index is 11.9. The second-order valence-corrected chi connectivity index (χ2v) is 5.00. The van der Waals surface area contributed by atoms with E-state index in [4.69, 9.17) is 5.73 Å². The monoisotopic (exact) mass is 212 g/mol. The standard InChI is InChI=1S/C12H24N2O/c1-9(2)11-4-5-12(15)14(7-6-11)10(3)8-13/h9-11H,4-8,13H2,1-3H3. The fourth-order valence-corrected chi connectivity index (χ4v) is 2.29. The topological polar surface area (TPSA) is 46.3 Å². The van der Waals surface area contributed by atoms with Crippen molar-refractivity contribution in [1.29, 1.82) is 0 Å². The van der Waals surface area contributed by atoms with Crippen molar-refractivity contribution >= 4 is 5.91 Å². The molecule has 0 bridgehead atoms. The molecule has 2 N–H and O–H groups in total. The molecule has 1 aliphatic rings. The van der Waals surface area contributed by atoms with Crippen LogP contribution in [0.3, 0.4) is 0 Å². The quantitative estimate of drug-likeness (QED) is 0.772. The summed E-state index contributed by atoms with van der Waals surface area (Å²) in [6.45, 7) is 7.99. The van der Waals surface area contributed by atoms with Crippen molar-refractivity contribution in [2.45, 2.75) is 46.1 Å². The average molecular weight is 212 g/mol. The van der Waals surface area contributed by atoms with Crippen LogP contribution in [0.15, 0.2) is 0 Å². The van der Waals surface area contributed by atoms with Gasteiger partial charge in [0, 0.05) is 25.6 Å². The molecule has 0 radical (unpaired) electrons. The first-order chi connectivity index (χ1) is 7.06. The number of hydrogen-bond acceptors (Lipinski definition) is 2. The average Bonchev–Trinajstić information content (AvgIpc) is 2.39. The highest BCUT2D eigenvalue weighted by Crippen LogP contribution is 2.25. The van der Waals surface area contributed by atoms with Crippen LogP contribution in [0.4, 0.5) is 0 Å². The molecule has 3 nitrogen and oxygen atoms in total. The van der Waals surface area contributed by atoms with Crippen LogP contribution in [0, 0.1) is 11.8 Å². The minimum absolute atomic E-state index is 0.198. The van der Waals surface area contributed by atoms with Gasteiger partial charge in [-0.2, -0.15) is 0 Å². The normalized spacial score (nSPS) is 25.5. The summed E-state index contributed by atoms with van der Waals surface area (Å²) in [5.41, 5.74) is 5.62. The van der Waals surface area contributed by atoms with Crippen LogP contribution >= 0.6 is 0 Å². The molecular weight excluding hydrogens is 188 g/mol. The summed E-state index contributed by atoms with van der Waals surface area (Å²) in [7, 11) is 0. The Morgan fingerprint density at radius 2 is 2.07 bits per heavy atom. The fourth-order valence-electron chi connectivity index (χ4n) is 2.29.